The van der Waals surface area contributed by atoms with Gasteiger partial charge in [0.15, 0.2) is 0 Å². The van der Waals surface area contributed by atoms with E-state index in [0.717, 1.165) is 70.9 Å². The van der Waals surface area contributed by atoms with E-state index in [0.29, 0.717) is 0 Å². The zero-order chi connectivity index (χ0) is 20.8. The molecule has 2 amide bonds. The van der Waals surface area contributed by atoms with E-state index < -0.39 is 0 Å². The fraction of sp³-hybridized carbons (Fsp3) is 0.500. The van der Waals surface area contributed by atoms with Crippen LogP contribution in [0.15, 0.2) is 48.8 Å². The van der Waals surface area contributed by atoms with Crippen LogP contribution in [-0.4, -0.2) is 60.2 Å². The average Bonchev–Trinajstić information content (AvgIpc) is 2.97. The molecule has 0 radical (unpaired) electrons. The first-order valence-corrected chi connectivity index (χ1v) is 11.0. The summed E-state index contributed by atoms with van der Waals surface area (Å²) in [5.41, 5.74) is 3.45. The molecular formula is C24H32N4O2. The van der Waals surface area contributed by atoms with Gasteiger partial charge in [-0.25, -0.2) is 4.79 Å². The van der Waals surface area contributed by atoms with Gasteiger partial charge in [-0.2, -0.15) is 0 Å². The van der Waals surface area contributed by atoms with Crippen LogP contribution < -0.4 is 5.32 Å². The van der Waals surface area contributed by atoms with Gasteiger partial charge in [0.05, 0.1) is 13.2 Å². The van der Waals surface area contributed by atoms with Gasteiger partial charge in [0.25, 0.3) is 0 Å². The third kappa shape index (κ3) is 4.99. The number of rotatable bonds is 4. The van der Waals surface area contributed by atoms with E-state index in [-0.39, 0.29) is 11.4 Å². The molecule has 0 unspecified atom stereocenters. The van der Waals surface area contributed by atoms with E-state index in [9.17, 15) is 4.79 Å². The number of aryl methyl sites for hydroxylation is 1. The van der Waals surface area contributed by atoms with Crippen molar-refractivity contribution in [2.45, 2.75) is 32.7 Å². The molecule has 2 saturated heterocycles. The minimum absolute atomic E-state index is 0.00695. The van der Waals surface area contributed by atoms with Gasteiger partial charge in [0, 0.05) is 56.2 Å². The Morgan fingerprint density at radius 1 is 1.17 bits per heavy atom. The summed E-state index contributed by atoms with van der Waals surface area (Å²) in [5.74, 6) is 0. The molecule has 2 aliphatic rings. The third-order valence-electron chi connectivity index (χ3n) is 6.40. The van der Waals surface area contributed by atoms with E-state index in [2.05, 4.69) is 34.3 Å². The van der Waals surface area contributed by atoms with Gasteiger partial charge in [0.1, 0.15) is 0 Å². The van der Waals surface area contributed by atoms with Gasteiger partial charge in [-0.1, -0.05) is 31.2 Å². The SMILES string of the molecule is CCc1ccccc1NC(=O)N1CCC2(CC1)COCCN(Cc1cccnc1)C2. The van der Waals surface area contributed by atoms with Crippen molar-refractivity contribution in [3.05, 3.63) is 59.9 Å². The number of anilines is 1. The molecule has 0 saturated carbocycles. The Morgan fingerprint density at radius 2 is 2.00 bits per heavy atom. The van der Waals surface area contributed by atoms with Crippen LogP contribution in [0, 0.1) is 5.41 Å². The molecule has 0 atom stereocenters. The average molecular weight is 409 g/mol. The topological polar surface area (TPSA) is 57.7 Å². The van der Waals surface area contributed by atoms with Crippen molar-refractivity contribution in [1.29, 1.82) is 0 Å². The molecule has 3 heterocycles. The highest BCUT2D eigenvalue weighted by Gasteiger charge is 2.39. The Labute approximate surface area is 179 Å². The molecule has 160 valence electrons. The quantitative estimate of drug-likeness (QED) is 0.836. The van der Waals surface area contributed by atoms with Crippen molar-refractivity contribution in [3.63, 3.8) is 0 Å². The lowest BCUT2D eigenvalue weighted by molar-refractivity contribution is 0.0242. The Balaban J connectivity index is 1.35. The number of pyridine rings is 1. The Bertz CT molecular complexity index is 834. The first kappa shape index (κ1) is 20.8. The fourth-order valence-electron chi connectivity index (χ4n) is 4.60. The smallest absolute Gasteiger partial charge is 0.321 e. The second-order valence-corrected chi connectivity index (χ2v) is 8.55. The second kappa shape index (κ2) is 9.58. The summed E-state index contributed by atoms with van der Waals surface area (Å²) in [4.78, 5) is 21.5. The maximum atomic E-state index is 12.8. The number of carbonyl (C=O) groups excluding carboxylic acids is 1. The second-order valence-electron chi connectivity index (χ2n) is 8.55. The van der Waals surface area contributed by atoms with Crippen LogP contribution in [0.4, 0.5) is 10.5 Å². The number of ether oxygens (including phenoxy) is 1. The third-order valence-corrected chi connectivity index (χ3v) is 6.40. The molecule has 2 aromatic rings. The molecule has 0 aliphatic carbocycles. The summed E-state index contributed by atoms with van der Waals surface area (Å²) in [6.07, 6.45) is 6.61. The van der Waals surface area contributed by atoms with E-state index in [1.54, 1.807) is 0 Å². The summed E-state index contributed by atoms with van der Waals surface area (Å²) in [7, 11) is 0. The number of nitrogens with zero attached hydrogens (tertiary/aromatic N) is 3. The molecule has 6 heteroatoms. The van der Waals surface area contributed by atoms with Gasteiger partial charge in [-0.15, -0.1) is 0 Å². The van der Waals surface area contributed by atoms with Crippen molar-refractivity contribution in [3.8, 4) is 0 Å². The lowest BCUT2D eigenvalue weighted by atomic mass is 9.78. The number of aromatic nitrogens is 1. The number of hydrogen-bond donors (Lipinski definition) is 1. The molecule has 1 spiro atoms. The van der Waals surface area contributed by atoms with Crippen LogP contribution in [0.5, 0.6) is 0 Å². The van der Waals surface area contributed by atoms with Crippen LogP contribution in [-0.2, 0) is 17.7 Å². The number of piperidine rings is 1. The first-order chi connectivity index (χ1) is 14.7. The monoisotopic (exact) mass is 408 g/mol. The number of nitrogens with one attached hydrogen (secondary N) is 1. The molecule has 30 heavy (non-hydrogen) atoms. The molecule has 1 N–H and O–H groups in total. The Hall–Kier alpha value is -2.44. The number of likely N-dealkylation sites (tertiary alicyclic amines) is 1. The predicted molar refractivity (Wildman–Crippen MR) is 118 cm³/mol. The van der Waals surface area contributed by atoms with Crippen molar-refractivity contribution in [2.75, 3.05) is 44.7 Å². The number of amides is 2. The maximum absolute atomic E-state index is 12.8. The molecule has 0 bridgehead atoms. The molecule has 4 rings (SSSR count). The van der Waals surface area contributed by atoms with Crippen molar-refractivity contribution in [2.24, 2.45) is 5.41 Å². The van der Waals surface area contributed by atoms with E-state index >= 15 is 0 Å². The van der Waals surface area contributed by atoms with Gasteiger partial charge in [-0.05, 0) is 42.5 Å². The predicted octanol–water partition coefficient (Wildman–Crippen LogP) is 3.79. The number of benzene rings is 1. The summed E-state index contributed by atoms with van der Waals surface area (Å²) < 4.78 is 6.00. The maximum Gasteiger partial charge on any atom is 0.321 e. The number of carbonyl (C=O) groups is 1. The number of hydrogen-bond acceptors (Lipinski definition) is 4. The normalized spacial score (nSPS) is 19.4. The van der Waals surface area contributed by atoms with Crippen LogP contribution in [0.3, 0.4) is 0 Å². The minimum atomic E-state index is 0.00695. The fourth-order valence-corrected chi connectivity index (χ4v) is 4.60. The summed E-state index contributed by atoms with van der Waals surface area (Å²) >= 11 is 0. The van der Waals surface area contributed by atoms with E-state index in [1.165, 1.54) is 11.1 Å². The zero-order valence-corrected chi connectivity index (χ0v) is 17.8. The molecule has 1 aromatic heterocycles. The summed E-state index contributed by atoms with van der Waals surface area (Å²) in [5, 5.41) is 3.11. The lowest BCUT2D eigenvalue weighted by Crippen LogP contribution is -2.49. The zero-order valence-electron chi connectivity index (χ0n) is 17.8. The van der Waals surface area contributed by atoms with Crippen LogP contribution >= 0.6 is 0 Å². The number of para-hydroxylation sites is 1. The van der Waals surface area contributed by atoms with Crippen molar-refractivity contribution < 1.29 is 9.53 Å². The van der Waals surface area contributed by atoms with Gasteiger partial charge < -0.3 is 15.0 Å². The van der Waals surface area contributed by atoms with Gasteiger partial charge >= 0.3 is 6.03 Å². The standard InChI is InChI=1S/C24H32N4O2/c1-2-21-7-3-4-8-22(21)26-23(29)28-12-9-24(10-13-28)18-27(14-15-30-19-24)17-20-6-5-11-25-16-20/h3-8,11,16H,2,9-10,12-15,17-19H2,1H3,(H,26,29). The Kier molecular flexibility index (Phi) is 6.65. The summed E-state index contributed by atoms with van der Waals surface area (Å²) in [6.45, 7) is 8.04. The highest BCUT2D eigenvalue weighted by Crippen LogP contribution is 2.35. The van der Waals surface area contributed by atoms with Crippen LogP contribution in [0.25, 0.3) is 0 Å². The van der Waals surface area contributed by atoms with Gasteiger partial charge in [0.2, 0.25) is 0 Å². The molecule has 6 nitrogen and oxygen atoms in total. The van der Waals surface area contributed by atoms with Gasteiger partial charge in [-0.3, -0.25) is 9.88 Å². The lowest BCUT2D eigenvalue weighted by Gasteiger charge is -2.42. The molecule has 2 fully saturated rings. The van der Waals surface area contributed by atoms with E-state index in [4.69, 9.17) is 4.74 Å². The minimum Gasteiger partial charge on any atom is -0.379 e. The van der Waals surface area contributed by atoms with Crippen LogP contribution in [0.1, 0.15) is 30.9 Å². The highest BCUT2D eigenvalue weighted by molar-refractivity contribution is 5.90. The number of urea groups is 1. The highest BCUT2D eigenvalue weighted by atomic mass is 16.5. The van der Waals surface area contributed by atoms with E-state index in [1.807, 2.05) is 41.6 Å². The van der Waals surface area contributed by atoms with Crippen LogP contribution in [0.2, 0.25) is 0 Å². The molecule has 1 aromatic carbocycles. The van der Waals surface area contributed by atoms with Crippen molar-refractivity contribution >= 4 is 11.7 Å². The Morgan fingerprint density at radius 3 is 2.77 bits per heavy atom. The van der Waals surface area contributed by atoms with Crippen molar-refractivity contribution in [1.82, 2.24) is 14.8 Å². The first-order valence-electron chi connectivity index (χ1n) is 11.0. The summed E-state index contributed by atoms with van der Waals surface area (Å²) in [6, 6.07) is 12.2. The molecular weight excluding hydrogens is 376 g/mol. The largest absolute Gasteiger partial charge is 0.379 e. The molecule has 2 aliphatic heterocycles.